The van der Waals surface area contributed by atoms with Crippen molar-refractivity contribution < 1.29 is 0 Å². The maximum absolute atomic E-state index is 5.00. The molecule has 2 heterocycles. The van der Waals surface area contributed by atoms with Gasteiger partial charge in [-0.15, -0.1) is 0 Å². The third-order valence-electron chi connectivity index (χ3n) is 6.73. The Morgan fingerprint density at radius 2 is 2.26 bits per heavy atom. The van der Waals surface area contributed by atoms with Crippen molar-refractivity contribution >= 4 is 5.71 Å². The fourth-order valence-corrected chi connectivity index (χ4v) is 5.94. The van der Waals surface area contributed by atoms with Crippen LogP contribution >= 0.6 is 0 Å². The van der Waals surface area contributed by atoms with Crippen LogP contribution in [0.5, 0.6) is 0 Å². The van der Waals surface area contributed by atoms with Gasteiger partial charge in [-0.2, -0.15) is 0 Å². The largest absolute Gasteiger partial charge is 0.285 e. The highest BCUT2D eigenvalue weighted by molar-refractivity contribution is 5.98. The fraction of sp³-hybridized carbons (Fsp3) is 0.647. The van der Waals surface area contributed by atoms with Crippen LogP contribution in [0.1, 0.15) is 44.2 Å². The molecule has 0 aromatic carbocycles. The van der Waals surface area contributed by atoms with Gasteiger partial charge in [0.1, 0.15) is 0 Å². The summed E-state index contributed by atoms with van der Waals surface area (Å²) >= 11 is 0. The van der Waals surface area contributed by atoms with E-state index in [1.54, 1.807) is 5.71 Å². The van der Waals surface area contributed by atoms with Crippen LogP contribution in [0.3, 0.4) is 0 Å². The summed E-state index contributed by atoms with van der Waals surface area (Å²) in [4.78, 5) is 9.28. The van der Waals surface area contributed by atoms with E-state index in [0.717, 1.165) is 23.7 Å². The molecule has 2 nitrogen and oxygen atoms in total. The lowest BCUT2D eigenvalue weighted by Gasteiger charge is -2.48. The average Bonchev–Trinajstić information content (AvgIpc) is 2.98. The van der Waals surface area contributed by atoms with Gasteiger partial charge >= 0.3 is 0 Å². The molecule has 2 heteroatoms. The van der Waals surface area contributed by atoms with Crippen LogP contribution in [0.25, 0.3) is 0 Å². The number of aliphatic imine (C=N–C) groups is 1. The fourth-order valence-electron chi connectivity index (χ4n) is 5.94. The molecule has 0 radical (unpaired) electrons. The highest BCUT2D eigenvalue weighted by atomic mass is 15.0. The van der Waals surface area contributed by atoms with E-state index in [9.17, 15) is 0 Å². The third-order valence-corrected chi connectivity index (χ3v) is 6.73. The zero-order valence-corrected chi connectivity index (χ0v) is 11.4. The monoisotopic (exact) mass is 252 g/mol. The predicted octanol–water partition coefficient (Wildman–Crippen LogP) is 3.65. The van der Waals surface area contributed by atoms with E-state index in [-0.39, 0.29) is 0 Å². The second kappa shape index (κ2) is 3.28. The Labute approximate surface area is 114 Å². The molecule has 4 aliphatic rings. The summed E-state index contributed by atoms with van der Waals surface area (Å²) < 4.78 is 0. The van der Waals surface area contributed by atoms with Crippen molar-refractivity contribution in [2.45, 2.75) is 38.6 Å². The predicted molar refractivity (Wildman–Crippen MR) is 74.9 cm³/mol. The van der Waals surface area contributed by atoms with Crippen molar-refractivity contribution in [2.75, 3.05) is 0 Å². The molecule has 3 unspecified atom stereocenters. The number of hydrogen-bond acceptors (Lipinski definition) is 2. The molecule has 0 N–H and O–H groups in total. The third kappa shape index (κ3) is 1.11. The van der Waals surface area contributed by atoms with E-state index in [1.807, 2.05) is 12.4 Å². The molecule has 6 atom stereocenters. The van der Waals surface area contributed by atoms with Crippen LogP contribution in [0.4, 0.5) is 0 Å². The Hall–Kier alpha value is -1.18. The van der Waals surface area contributed by atoms with Crippen LogP contribution in [0.2, 0.25) is 0 Å². The first-order valence-corrected chi connectivity index (χ1v) is 7.76. The molecule has 3 saturated carbocycles. The van der Waals surface area contributed by atoms with E-state index in [0.29, 0.717) is 11.5 Å². The molecule has 0 amide bonds. The standard InChI is InChI=1S/C17H20N2/c1-17-6-2-5-12(17)11-8-13(17)14-15(19-16(11)14)10-4-3-7-18-9-10/h3-4,7,9,11-15H,2,5-6,8H2,1H3/t11?,12-,13-,14+,15?,17?/m0/s1. The van der Waals surface area contributed by atoms with Gasteiger partial charge in [-0.1, -0.05) is 19.4 Å². The Morgan fingerprint density at radius 3 is 3.11 bits per heavy atom. The molecule has 0 saturated heterocycles. The molecular formula is C17H20N2. The topological polar surface area (TPSA) is 25.2 Å². The van der Waals surface area contributed by atoms with Gasteiger partial charge in [-0.05, 0) is 48.1 Å². The SMILES string of the molecule is CC12CCC[C@H]1C1C[C@H]2[C@H]2C1=NC2c1cccnc1. The summed E-state index contributed by atoms with van der Waals surface area (Å²) in [6.07, 6.45) is 9.68. The van der Waals surface area contributed by atoms with E-state index in [4.69, 9.17) is 4.99 Å². The smallest absolute Gasteiger partial charge is 0.0846 e. The second-order valence-corrected chi connectivity index (χ2v) is 7.26. The molecule has 3 fully saturated rings. The van der Waals surface area contributed by atoms with Crippen LogP contribution in [-0.4, -0.2) is 10.7 Å². The van der Waals surface area contributed by atoms with Gasteiger partial charge in [0.25, 0.3) is 0 Å². The van der Waals surface area contributed by atoms with Gasteiger partial charge in [0.15, 0.2) is 0 Å². The molecule has 98 valence electrons. The van der Waals surface area contributed by atoms with E-state index < -0.39 is 0 Å². The van der Waals surface area contributed by atoms with E-state index in [1.165, 1.54) is 31.2 Å². The van der Waals surface area contributed by atoms with Crippen molar-refractivity contribution in [3.05, 3.63) is 30.1 Å². The van der Waals surface area contributed by atoms with Crippen molar-refractivity contribution in [1.82, 2.24) is 4.98 Å². The Bertz CT molecular complexity index is 564. The van der Waals surface area contributed by atoms with Gasteiger partial charge in [0.05, 0.1) is 6.04 Å². The summed E-state index contributed by atoms with van der Waals surface area (Å²) in [6, 6.07) is 4.69. The number of nitrogens with zero attached hydrogens (tertiary/aromatic N) is 2. The highest BCUT2D eigenvalue weighted by Crippen LogP contribution is 2.71. The first-order valence-electron chi connectivity index (χ1n) is 7.76. The van der Waals surface area contributed by atoms with Gasteiger partial charge in [-0.3, -0.25) is 9.98 Å². The van der Waals surface area contributed by atoms with E-state index in [2.05, 4.69) is 24.0 Å². The number of rotatable bonds is 1. The summed E-state index contributed by atoms with van der Waals surface area (Å²) in [7, 11) is 0. The molecule has 1 aromatic heterocycles. The summed E-state index contributed by atoms with van der Waals surface area (Å²) in [5, 5.41) is 0. The second-order valence-electron chi connectivity index (χ2n) is 7.26. The molecule has 2 bridgehead atoms. The van der Waals surface area contributed by atoms with E-state index >= 15 is 0 Å². The molecule has 1 aliphatic heterocycles. The average molecular weight is 252 g/mol. The highest BCUT2D eigenvalue weighted by Gasteiger charge is 2.67. The van der Waals surface area contributed by atoms with Gasteiger partial charge in [-0.25, -0.2) is 0 Å². The first kappa shape index (κ1) is 10.6. The van der Waals surface area contributed by atoms with Crippen LogP contribution in [0.15, 0.2) is 29.5 Å². The van der Waals surface area contributed by atoms with Gasteiger partial charge in [0, 0.05) is 29.9 Å². The Balaban J connectivity index is 1.55. The summed E-state index contributed by atoms with van der Waals surface area (Å²) in [5.74, 6) is 3.47. The molecular weight excluding hydrogens is 232 g/mol. The normalized spacial score (nSPS) is 49.5. The van der Waals surface area contributed by atoms with Crippen LogP contribution < -0.4 is 0 Å². The lowest BCUT2D eigenvalue weighted by molar-refractivity contribution is 0.119. The van der Waals surface area contributed by atoms with Crippen LogP contribution in [-0.2, 0) is 0 Å². The lowest BCUT2D eigenvalue weighted by atomic mass is 9.60. The van der Waals surface area contributed by atoms with Crippen LogP contribution in [0, 0.1) is 29.1 Å². The zero-order chi connectivity index (χ0) is 12.6. The summed E-state index contributed by atoms with van der Waals surface area (Å²) in [5.41, 5.74) is 3.56. The quantitative estimate of drug-likeness (QED) is 0.749. The minimum atomic E-state index is 0.428. The van der Waals surface area contributed by atoms with Crippen molar-refractivity contribution in [3.8, 4) is 0 Å². The minimum absolute atomic E-state index is 0.428. The lowest BCUT2D eigenvalue weighted by Crippen LogP contribution is -2.46. The molecule has 3 aliphatic carbocycles. The van der Waals surface area contributed by atoms with Crippen molar-refractivity contribution in [3.63, 3.8) is 0 Å². The molecule has 19 heavy (non-hydrogen) atoms. The molecule has 1 aromatic rings. The van der Waals surface area contributed by atoms with Crippen molar-refractivity contribution in [1.29, 1.82) is 0 Å². The van der Waals surface area contributed by atoms with Gasteiger partial charge in [0.2, 0.25) is 0 Å². The minimum Gasteiger partial charge on any atom is -0.285 e. The molecule has 0 spiro atoms. The number of hydrogen-bond donors (Lipinski definition) is 0. The summed E-state index contributed by atoms with van der Waals surface area (Å²) in [6.45, 7) is 2.57. The maximum atomic E-state index is 5.00. The zero-order valence-electron chi connectivity index (χ0n) is 11.4. The number of aromatic nitrogens is 1. The Morgan fingerprint density at radius 1 is 1.32 bits per heavy atom. The van der Waals surface area contributed by atoms with Crippen molar-refractivity contribution in [2.24, 2.45) is 34.1 Å². The number of pyridine rings is 1. The maximum Gasteiger partial charge on any atom is 0.0846 e. The number of fused-ring (bicyclic) bond motifs is 8. The van der Waals surface area contributed by atoms with Gasteiger partial charge < -0.3 is 0 Å². The first-order chi connectivity index (χ1) is 9.29. The Kier molecular flexibility index (Phi) is 1.83. The molecule has 5 rings (SSSR count).